The number of nitrogens with one attached hydrogen (secondary N) is 2. The van der Waals surface area contributed by atoms with Gasteiger partial charge in [-0.2, -0.15) is 0 Å². The maximum atomic E-state index is 6.06. The van der Waals surface area contributed by atoms with Gasteiger partial charge in [0.05, 0.1) is 30.4 Å². The SMILES string of the molecule is COc1cc2c(Nc3cccc4cc[nH]c34)ncnc2cc1OCCCN1CCCC1. The maximum absolute atomic E-state index is 6.06. The molecule has 2 aromatic carbocycles. The van der Waals surface area contributed by atoms with Crippen LogP contribution in [0.4, 0.5) is 11.5 Å². The van der Waals surface area contributed by atoms with E-state index in [-0.39, 0.29) is 0 Å². The van der Waals surface area contributed by atoms with Crippen LogP contribution in [0.5, 0.6) is 11.5 Å². The number of methoxy groups -OCH3 is 1. The van der Waals surface area contributed by atoms with E-state index in [4.69, 9.17) is 9.47 Å². The van der Waals surface area contributed by atoms with Gasteiger partial charge in [-0.25, -0.2) is 9.97 Å². The van der Waals surface area contributed by atoms with E-state index in [0.29, 0.717) is 18.1 Å². The number of nitrogens with zero attached hydrogens (tertiary/aromatic N) is 3. The minimum atomic E-state index is 0.656. The van der Waals surface area contributed by atoms with Gasteiger partial charge in [0, 0.05) is 29.6 Å². The summed E-state index contributed by atoms with van der Waals surface area (Å²) in [6, 6.07) is 12.1. The molecule has 0 spiro atoms. The average molecular weight is 418 g/mol. The Morgan fingerprint density at radius 3 is 2.87 bits per heavy atom. The van der Waals surface area contributed by atoms with E-state index in [1.54, 1.807) is 13.4 Å². The molecular weight excluding hydrogens is 390 g/mol. The van der Waals surface area contributed by atoms with Crippen LogP contribution in [0.15, 0.2) is 48.9 Å². The number of benzene rings is 2. The van der Waals surface area contributed by atoms with Crippen LogP contribution in [0.25, 0.3) is 21.8 Å². The van der Waals surface area contributed by atoms with E-state index >= 15 is 0 Å². The van der Waals surface area contributed by atoms with Crippen molar-refractivity contribution >= 4 is 33.3 Å². The molecule has 0 amide bonds. The molecule has 0 saturated carbocycles. The third-order valence-electron chi connectivity index (χ3n) is 5.84. The van der Waals surface area contributed by atoms with Crippen molar-refractivity contribution in [3.05, 3.63) is 48.9 Å². The molecule has 31 heavy (non-hydrogen) atoms. The number of aromatic amines is 1. The highest BCUT2D eigenvalue weighted by molar-refractivity contribution is 5.97. The summed E-state index contributed by atoms with van der Waals surface area (Å²) in [5.74, 6) is 2.13. The maximum Gasteiger partial charge on any atom is 0.163 e. The minimum Gasteiger partial charge on any atom is -0.493 e. The predicted molar refractivity (Wildman–Crippen MR) is 123 cm³/mol. The topological polar surface area (TPSA) is 75.3 Å². The second-order valence-corrected chi connectivity index (χ2v) is 7.87. The van der Waals surface area contributed by atoms with E-state index in [9.17, 15) is 0 Å². The molecule has 1 aliphatic heterocycles. The van der Waals surface area contributed by atoms with Gasteiger partial charge in [-0.3, -0.25) is 0 Å². The number of hydrogen-bond donors (Lipinski definition) is 2. The molecule has 0 aliphatic carbocycles. The summed E-state index contributed by atoms with van der Waals surface area (Å²) in [7, 11) is 1.66. The Bertz CT molecular complexity index is 1180. The van der Waals surface area contributed by atoms with Crippen molar-refractivity contribution in [2.24, 2.45) is 0 Å². The number of ether oxygens (including phenoxy) is 2. The van der Waals surface area contributed by atoms with Crippen LogP contribution in [0, 0.1) is 0 Å². The van der Waals surface area contributed by atoms with Crippen molar-refractivity contribution in [2.45, 2.75) is 19.3 Å². The number of anilines is 2. The summed E-state index contributed by atoms with van der Waals surface area (Å²) in [6.07, 6.45) is 7.13. The molecule has 5 rings (SSSR count). The quantitative estimate of drug-likeness (QED) is 0.404. The van der Waals surface area contributed by atoms with Gasteiger partial charge in [0.25, 0.3) is 0 Å². The van der Waals surface area contributed by atoms with Crippen molar-refractivity contribution in [1.82, 2.24) is 19.9 Å². The zero-order valence-electron chi connectivity index (χ0n) is 17.7. The first-order valence-electron chi connectivity index (χ1n) is 10.8. The number of rotatable bonds is 8. The van der Waals surface area contributed by atoms with Crippen LogP contribution in [-0.4, -0.2) is 53.2 Å². The van der Waals surface area contributed by atoms with Crippen molar-refractivity contribution in [2.75, 3.05) is 38.7 Å². The predicted octanol–water partition coefficient (Wildman–Crippen LogP) is 4.73. The Morgan fingerprint density at radius 2 is 2.00 bits per heavy atom. The van der Waals surface area contributed by atoms with Crippen molar-refractivity contribution in [1.29, 1.82) is 0 Å². The molecule has 1 aliphatic rings. The third kappa shape index (κ3) is 4.14. The normalized spacial score (nSPS) is 14.4. The Labute approximate surface area is 181 Å². The Hall–Kier alpha value is -3.32. The van der Waals surface area contributed by atoms with E-state index in [1.165, 1.54) is 25.9 Å². The lowest BCUT2D eigenvalue weighted by Gasteiger charge is -2.16. The summed E-state index contributed by atoms with van der Waals surface area (Å²) in [5, 5.41) is 5.47. The number of para-hydroxylation sites is 1. The molecule has 160 valence electrons. The van der Waals surface area contributed by atoms with Crippen LogP contribution in [0.2, 0.25) is 0 Å². The van der Waals surface area contributed by atoms with Gasteiger partial charge in [0.15, 0.2) is 11.5 Å². The smallest absolute Gasteiger partial charge is 0.163 e. The summed E-state index contributed by atoms with van der Waals surface area (Å²) in [6.45, 7) is 4.16. The van der Waals surface area contributed by atoms with Gasteiger partial charge in [0.2, 0.25) is 0 Å². The fourth-order valence-corrected chi connectivity index (χ4v) is 4.23. The van der Waals surface area contributed by atoms with Crippen LogP contribution >= 0.6 is 0 Å². The van der Waals surface area contributed by atoms with E-state index in [2.05, 4.69) is 37.3 Å². The third-order valence-corrected chi connectivity index (χ3v) is 5.84. The molecule has 1 saturated heterocycles. The molecule has 7 nitrogen and oxygen atoms in total. The Balaban J connectivity index is 1.37. The fourth-order valence-electron chi connectivity index (χ4n) is 4.23. The van der Waals surface area contributed by atoms with Crippen LogP contribution in [0.3, 0.4) is 0 Å². The highest BCUT2D eigenvalue weighted by Crippen LogP contribution is 2.35. The Kier molecular flexibility index (Phi) is 5.58. The van der Waals surface area contributed by atoms with E-state index in [1.807, 2.05) is 30.5 Å². The first-order chi connectivity index (χ1) is 15.3. The zero-order valence-corrected chi connectivity index (χ0v) is 17.7. The van der Waals surface area contributed by atoms with E-state index < -0.39 is 0 Å². The van der Waals surface area contributed by atoms with Crippen molar-refractivity contribution < 1.29 is 9.47 Å². The Morgan fingerprint density at radius 1 is 1.10 bits per heavy atom. The molecule has 1 fully saturated rings. The number of fused-ring (bicyclic) bond motifs is 2. The highest BCUT2D eigenvalue weighted by atomic mass is 16.5. The number of H-pyrrole nitrogens is 1. The standard InChI is InChI=1S/C24H27N5O2/c1-30-21-14-18-20(15-22(21)31-13-5-12-29-10-2-3-11-29)26-16-27-24(18)28-19-7-4-6-17-8-9-25-23(17)19/h4,6-9,14-16,25H,2-3,5,10-13H2,1H3,(H,26,27,28). The molecule has 0 atom stereocenters. The molecule has 2 aromatic heterocycles. The molecule has 4 aromatic rings. The number of aromatic nitrogens is 3. The van der Waals surface area contributed by atoms with Crippen LogP contribution in [-0.2, 0) is 0 Å². The summed E-state index contributed by atoms with van der Waals surface area (Å²) >= 11 is 0. The second kappa shape index (κ2) is 8.81. The molecule has 0 bridgehead atoms. The zero-order chi connectivity index (χ0) is 21.0. The molecule has 7 heteroatoms. The monoisotopic (exact) mass is 417 g/mol. The summed E-state index contributed by atoms with van der Waals surface area (Å²) in [4.78, 5) is 14.7. The summed E-state index contributed by atoms with van der Waals surface area (Å²) < 4.78 is 11.7. The molecule has 0 radical (unpaired) electrons. The lowest BCUT2D eigenvalue weighted by molar-refractivity contribution is 0.254. The molecular formula is C24H27N5O2. The molecule has 2 N–H and O–H groups in total. The largest absolute Gasteiger partial charge is 0.493 e. The van der Waals surface area contributed by atoms with Gasteiger partial charge < -0.3 is 24.7 Å². The van der Waals surface area contributed by atoms with Gasteiger partial charge in [-0.15, -0.1) is 0 Å². The van der Waals surface area contributed by atoms with Crippen molar-refractivity contribution in [3.8, 4) is 11.5 Å². The van der Waals surface area contributed by atoms with E-state index in [0.717, 1.165) is 46.3 Å². The molecule has 3 heterocycles. The lowest BCUT2D eigenvalue weighted by Crippen LogP contribution is -2.21. The van der Waals surface area contributed by atoms with Gasteiger partial charge in [-0.05, 0) is 50.6 Å². The first kappa shape index (κ1) is 19.6. The van der Waals surface area contributed by atoms with Gasteiger partial charge >= 0.3 is 0 Å². The average Bonchev–Trinajstić information content (AvgIpc) is 3.49. The van der Waals surface area contributed by atoms with Gasteiger partial charge in [-0.1, -0.05) is 12.1 Å². The number of hydrogen-bond acceptors (Lipinski definition) is 6. The first-order valence-corrected chi connectivity index (χ1v) is 10.8. The van der Waals surface area contributed by atoms with Crippen LogP contribution in [0.1, 0.15) is 19.3 Å². The number of likely N-dealkylation sites (tertiary alicyclic amines) is 1. The molecule has 0 unspecified atom stereocenters. The van der Waals surface area contributed by atoms with Gasteiger partial charge in [0.1, 0.15) is 12.1 Å². The minimum absolute atomic E-state index is 0.656. The van der Waals surface area contributed by atoms with Crippen molar-refractivity contribution in [3.63, 3.8) is 0 Å². The second-order valence-electron chi connectivity index (χ2n) is 7.87. The highest BCUT2D eigenvalue weighted by Gasteiger charge is 2.14. The van der Waals surface area contributed by atoms with Crippen LogP contribution < -0.4 is 14.8 Å². The lowest BCUT2D eigenvalue weighted by atomic mass is 10.2. The fraction of sp³-hybridized carbons (Fsp3) is 0.333. The summed E-state index contributed by atoms with van der Waals surface area (Å²) in [5.41, 5.74) is 2.81.